The summed E-state index contributed by atoms with van der Waals surface area (Å²) >= 11 is 0. The van der Waals surface area contributed by atoms with Gasteiger partial charge in [-0.2, -0.15) is 0 Å². The number of hydrogen-bond donors (Lipinski definition) is 0. The van der Waals surface area contributed by atoms with Gasteiger partial charge in [-0.25, -0.2) is 4.39 Å². The molecule has 1 atom stereocenters. The van der Waals surface area contributed by atoms with Gasteiger partial charge in [0.25, 0.3) is 0 Å². The third kappa shape index (κ3) is 1.99. The molecule has 1 unspecified atom stereocenters. The summed E-state index contributed by atoms with van der Waals surface area (Å²) in [7, 11) is 0. The molecule has 1 aromatic rings. The van der Waals surface area contributed by atoms with Crippen molar-refractivity contribution in [2.75, 3.05) is 0 Å². The summed E-state index contributed by atoms with van der Waals surface area (Å²) in [6.45, 7) is 9.96. The Balaban J connectivity index is 0.000000531. The highest BCUT2D eigenvalue weighted by molar-refractivity contribution is 5.43. The van der Waals surface area contributed by atoms with E-state index in [9.17, 15) is 4.39 Å². The van der Waals surface area contributed by atoms with Crippen molar-refractivity contribution in [1.29, 1.82) is 0 Å². The van der Waals surface area contributed by atoms with Crippen molar-refractivity contribution in [3.63, 3.8) is 0 Å². The molecule has 1 heterocycles. The van der Waals surface area contributed by atoms with Crippen molar-refractivity contribution >= 4 is 0 Å². The molecule has 0 amide bonds. The van der Waals surface area contributed by atoms with Crippen molar-refractivity contribution in [3.8, 4) is 5.75 Å². The normalized spacial score (nSPS) is 21.1. The summed E-state index contributed by atoms with van der Waals surface area (Å²) in [5, 5.41) is 0. The van der Waals surface area contributed by atoms with Crippen LogP contribution in [-0.4, -0.2) is 5.60 Å². The van der Waals surface area contributed by atoms with Gasteiger partial charge in [0.1, 0.15) is 17.2 Å². The molecule has 0 spiro atoms. The molecule has 0 saturated carbocycles. The first-order valence-electron chi connectivity index (χ1n) is 5.50. The molecule has 2 rings (SSSR count). The Labute approximate surface area is 91.3 Å². The Morgan fingerprint density at radius 2 is 1.87 bits per heavy atom. The molecule has 1 aliphatic heterocycles. The van der Waals surface area contributed by atoms with Crippen molar-refractivity contribution in [2.24, 2.45) is 0 Å². The fourth-order valence-corrected chi connectivity index (χ4v) is 1.75. The summed E-state index contributed by atoms with van der Waals surface area (Å²) in [5.41, 5.74) is 0.428. The van der Waals surface area contributed by atoms with Gasteiger partial charge in [0.2, 0.25) is 0 Å². The quantitative estimate of drug-likeness (QED) is 0.625. The van der Waals surface area contributed by atoms with E-state index in [2.05, 4.69) is 0 Å². The monoisotopic (exact) mass is 210 g/mol. The Morgan fingerprint density at radius 3 is 2.40 bits per heavy atom. The summed E-state index contributed by atoms with van der Waals surface area (Å²) in [5.74, 6) is 0.650. The maximum atomic E-state index is 13.4. The second kappa shape index (κ2) is 4.21. The van der Waals surface area contributed by atoms with E-state index < -0.39 is 0 Å². The van der Waals surface area contributed by atoms with E-state index in [4.69, 9.17) is 4.74 Å². The lowest BCUT2D eigenvalue weighted by Gasteiger charge is -2.22. The van der Waals surface area contributed by atoms with E-state index in [1.54, 1.807) is 6.07 Å². The van der Waals surface area contributed by atoms with Crippen LogP contribution in [0.3, 0.4) is 0 Å². The van der Waals surface area contributed by atoms with Crippen molar-refractivity contribution in [1.82, 2.24) is 0 Å². The first-order valence-corrected chi connectivity index (χ1v) is 5.50. The summed E-state index contributed by atoms with van der Waals surface area (Å²) < 4.78 is 19.1. The van der Waals surface area contributed by atoms with Crippen LogP contribution in [0.4, 0.5) is 4.39 Å². The largest absolute Gasteiger partial charge is 0.487 e. The second-order valence-corrected chi connectivity index (χ2v) is 4.08. The van der Waals surface area contributed by atoms with Crippen molar-refractivity contribution < 1.29 is 9.13 Å². The minimum absolute atomic E-state index is 0.115. The smallest absolute Gasteiger partial charge is 0.130 e. The molecule has 0 aliphatic carbocycles. The van der Waals surface area contributed by atoms with Crippen LogP contribution in [-0.2, 0) is 0 Å². The van der Waals surface area contributed by atoms with Crippen molar-refractivity contribution in [2.45, 2.75) is 46.1 Å². The lowest BCUT2D eigenvalue weighted by molar-refractivity contribution is 0.115. The summed E-state index contributed by atoms with van der Waals surface area (Å²) in [6.07, 6.45) is 0. The highest BCUT2D eigenvalue weighted by Gasteiger charge is 2.39. The lowest BCUT2D eigenvalue weighted by Crippen LogP contribution is -2.28. The van der Waals surface area contributed by atoms with Gasteiger partial charge in [-0.3, -0.25) is 0 Å². The zero-order chi connectivity index (χ0) is 11.6. The van der Waals surface area contributed by atoms with Crippen LogP contribution in [0.25, 0.3) is 0 Å². The van der Waals surface area contributed by atoms with Crippen LogP contribution in [0.5, 0.6) is 5.75 Å². The topological polar surface area (TPSA) is 9.23 Å². The third-order valence-electron chi connectivity index (χ3n) is 2.86. The van der Waals surface area contributed by atoms with Crippen LogP contribution < -0.4 is 4.74 Å². The Bertz CT molecular complexity index is 344. The predicted octanol–water partition coefficient (Wildman–Crippen LogP) is 4.13. The van der Waals surface area contributed by atoms with Crippen LogP contribution in [0.2, 0.25) is 0 Å². The van der Waals surface area contributed by atoms with Gasteiger partial charge in [-0.05, 0) is 26.0 Å². The van der Waals surface area contributed by atoms with E-state index in [-0.39, 0.29) is 17.3 Å². The standard InChI is InChI=1S/C11H13FO.C2H6/c1-7-10-8(12)5-4-6-9(10)13-11(7,2)3;1-2/h4-7H,1-3H3;1-2H3. The van der Waals surface area contributed by atoms with E-state index in [1.165, 1.54) is 6.07 Å². The second-order valence-electron chi connectivity index (χ2n) is 4.08. The maximum absolute atomic E-state index is 13.4. The number of benzene rings is 1. The van der Waals surface area contributed by atoms with Crippen LogP contribution in [0.15, 0.2) is 18.2 Å². The minimum atomic E-state index is -0.287. The number of ether oxygens (including phenoxy) is 1. The average molecular weight is 210 g/mol. The molecule has 1 aliphatic rings. The number of fused-ring (bicyclic) bond motifs is 1. The van der Waals surface area contributed by atoms with Gasteiger partial charge in [-0.1, -0.05) is 26.8 Å². The zero-order valence-corrected chi connectivity index (χ0v) is 10.1. The Morgan fingerprint density at radius 1 is 1.27 bits per heavy atom. The summed E-state index contributed by atoms with van der Waals surface area (Å²) in [6, 6.07) is 4.99. The molecule has 84 valence electrons. The lowest BCUT2D eigenvalue weighted by atomic mass is 9.89. The zero-order valence-electron chi connectivity index (χ0n) is 10.1. The van der Waals surface area contributed by atoms with E-state index in [0.717, 1.165) is 0 Å². The first-order chi connectivity index (χ1) is 7.02. The SMILES string of the molecule is CC.CC1c2c(F)cccc2OC1(C)C. The number of hydrogen-bond acceptors (Lipinski definition) is 1. The van der Waals surface area contributed by atoms with E-state index in [0.29, 0.717) is 11.3 Å². The fraction of sp³-hybridized carbons (Fsp3) is 0.538. The maximum Gasteiger partial charge on any atom is 0.130 e. The van der Waals surface area contributed by atoms with E-state index >= 15 is 0 Å². The minimum Gasteiger partial charge on any atom is -0.487 e. The third-order valence-corrected chi connectivity index (χ3v) is 2.86. The number of halogens is 1. The molecular weight excluding hydrogens is 191 g/mol. The average Bonchev–Trinajstić information content (AvgIpc) is 2.42. The molecule has 1 nitrogen and oxygen atoms in total. The highest BCUT2D eigenvalue weighted by atomic mass is 19.1. The highest BCUT2D eigenvalue weighted by Crippen LogP contribution is 2.45. The molecule has 0 radical (unpaired) electrons. The molecule has 15 heavy (non-hydrogen) atoms. The molecule has 1 aromatic carbocycles. The van der Waals surface area contributed by atoms with Gasteiger partial charge < -0.3 is 4.74 Å². The molecule has 0 N–H and O–H groups in total. The van der Waals surface area contributed by atoms with E-state index in [1.807, 2.05) is 40.7 Å². The molecule has 0 saturated heterocycles. The Hall–Kier alpha value is -1.05. The predicted molar refractivity (Wildman–Crippen MR) is 60.9 cm³/mol. The molecule has 0 bridgehead atoms. The molecule has 0 aromatic heterocycles. The van der Waals surface area contributed by atoms with Gasteiger partial charge >= 0.3 is 0 Å². The van der Waals surface area contributed by atoms with Gasteiger partial charge in [0.15, 0.2) is 0 Å². The molecular formula is C13H19FO. The van der Waals surface area contributed by atoms with Crippen molar-refractivity contribution in [3.05, 3.63) is 29.6 Å². The molecule has 2 heteroatoms. The van der Waals surface area contributed by atoms with Crippen LogP contribution in [0, 0.1) is 5.82 Å². The Kier molecular flexibility index (Phi) is 3.38. The number of rotatable bonds is 0. The van der Waals surface area contributed by atoms with Crippen LogP contribution >= 0.6 is 0 Å². The molecule has 0 fully saturated rings. The fourth-order valence-electron chi connectivity index (χ4n) is 1.75. The first kappa shape index (κ1) is 12.0. The van der Waals surface area contributed by atoms with Crippen LogP contribution in [0.1, 0.15) is 46.1 Å². The van der Waals surface area contributed by atoms with Gasteiger partial charge in [0, 0.05) is 11.5 Å². The van der Waals surface area contributed by atoms with Gasteiger partial charge in [-0.15, -0.1) is 0 Å². The van der Waals surface area contributed by atoms with Gasteiger partial charge in [0.05, 0.1) is 0 Å². The summed E-state index contributed by atoms with van der Waals surface area (Å²) in [4.78, 5) is 0.